The summed E-state index contributed by atoms with van der Waals surface area (Å²) in [5, 5.41) is 4.39. The number of aromatic nitrogens is 1. The van der Waals surface area contributed by atoms with Crippen molar-refractivity contribution in [2.45, 2.75) is 38.0 Å². The van der Waals surface area contributed by atoms with E-state index in [0.29, 0.717) is 12.0 Å². The predicted molar refractivity (Wildman–Crippen MR) is 73.0 cm³/mol. The van der Waals surface area contributed by atoms with Gasteiger partial charge in [-0.15, -0.1) is 0 Å². The third-order valence-electron chi connectivity index (χ3n) is 3.17. The Morgan fingerprint density at radius 2 is 2.50 bits per heavy atom. The van der Waals surface area contributed by atoms with E-state index in [1.54, 1.807) is 18.0 Å². The maximum Gasteiger partial charge on any atom is 0.255 e. The monoisotopic (exact) mass is 270 g/mol. The van der Waals surface area contributed by atoms with Gasteiger partial charge in [0.1, 0.15) is 6.26 Å². The fourth-order valence-corrected chi connectivity index (χ4v) is 3.16. The lowest BCUT2D eigenvalue weighted by Gasteiger charge is -2.22. The first-order valence-electron chi connectivity index (χ1n) is 6.65. The molecule has 1 aliphatic heterocycles. The van der Waals surface area contributed by atoms with Gasteiger partial charge in [-0.2, -0.15) is 0 Å². The Labute approximate surface area is 113 Å². The number of thioether (sulfide) groups is 1. The van der Waals surface area contributed by atoms with Gasteiger partial charge in [-0.25, -0.2) is 4.98 Å². The fourth-order valence-electron chi connectivity index (χ4n) is 2.12. The first-order valence-corrected chi connectivity index (χ1v) is 7.64. The van der Waals surface area contributed by atoms with Crippen LogP contribution in [0.4, 0.5) is 0 Å². The van der Waals surface area contributed by atoms with Gasteiger partial charge in [0.2, 0.25) is 0 Å². The van der Waals surface area contributed by atoms with Crippen LogP contribution in [0.3, 0.4) is 0 Å². The molecule has 0 saturated carbocycles. The van der Waals surface area contributed by atoms with Crippen molar-refractivity contribution >= 4 is 11.8 Å². The van der Waals surface area contributed by atoms with Crippen molar-refractivity contribution in [3.8, 4) is 0 Å². The van der Waals surface area contributed by atoms with Crippen molar-refractivity contribution < 1.29 is 9.15 Å². The lowest BCUT2D eigenvalue weighted by atomic mass is 10.0. The van der Waals surface area contributed by atoms with Crippen molar-refractivity contribution in [1.82, 2.24) is 10.3 Å². The van der Waals surface area contributed by atoms with E-state index >= 15 is 0 Å². The third kappa shape index (κ3) is 4.00. The molecular formula is C13H22N2O2S. The molecule has 1 saturated heterocycles. The first kappa shape index (κ1) is 13.9. The summed E-state index contributed by atoms with van der Waals surface area (Å²) in [5.74, 6) is 1.62. The molecule has 0 aromatic carbocycles. The molecule has 0 radical (unpaired) electrons. The highest BCUT2D eigenvalue weighted by molar-refractivity contribution is 7.99. The van der Waals surface area contributed by atoms with Crippen LogP contribution in [0, 0.1) is 12.8 Å². The highest BCUT2D eigenvalue weighted by Gasteiger charge is 2.25. The summed E-state index contributed by atoms with van der Waals surface area (Å²) >= 11 is 1.69. The van der Waals surface area contributed by atoms with Crippen LogP contribution in [0.25, 0.3) is 0 Å². The Kier molecular flexibility index (Phi) is 5.53. The van der Waals surface area contributed by atoms with E-state index in [-0.39, 0.29) is 0 Å². The average molecular weight is 270 g/mol. The molecule has 0 bridgehead atoms. The number of nitrogens with zero attached hydrogens (tertiary/aromatic N) is 1. The quantitative estimate of drug-likeness (QED) is 0.771. The summed E-state index contributed by atoms with van der Waals surface area (Å²) in [5.41, 5.74) is 0.944. The summed E-state index contributed by atoms with van der Waals surface area (Å²) in [4.78, 5) is 4.33. The molecule has 1 N–H and O–H groups in total. The SMILES string of the molecule is CCCNC(CSc1nc(C)co1)C1CCOC1. The lowest BCUT2D eigenvalue weighted by molar-refractivity contribution is 0.179. The number of oxazole rings is 1. The molecule has 102 valence electrons. The molecule has 1 aromatic heterocycles. The Balaban J connectivity index is 1.83. The molecule has 18 heavy (non-hydrogen) atoms. The molecule has 1 aromatic rings. The van der Waals surface area contributed by atoms with Crippen LogP contribution in [0.15, 0.2) is 15.9 Å². The molecule has 2 rings (SSSR count). The number of aryl methyl sites for hydroxylation is 1. The molecule has 5 heteroatoms. The summed E-state index contributed by atoms with van der Waals surface area (Å²) in [6, 6.07) is 0.490. The van der Waals surface area contributed by atoms with Crippen molar-refractivity contribution in [1.29, 1.82) is 0 Å². The van der Waals surface area contributed by atoms with Gasteiger partial charge in [0.05, 0.1) is 12.3 Å². The van der Waals surface area contributed by atoms with Gasteiger partial charge in [-0.05, 0) is 26.3 Å². The molecule has 0 amide bonds. The fraction of sp³-hybridized carbons (Fsp3) is 0.769. The van der Waals surface area contributed by atoms with E-state index < -0.39 is 0 Å². The Hall–Kier alpha value is -0.520. The van der Waals surface area contributed by atoms with Crippen molar-refractivity contribution in [2.75, 3.05) is 25.5 Å². The van der Waals surface area contributed by atoms with E-state index in [9.17, 15) is 0 Å². The zero-order valence-corrected chi connectivity index (χ0v) is 12.0. The highest BCUT2D eigenvalue weighted by Crippen LogP contribution is 2.24. The van der Waals surface area contributed by atoms with Crippen LogP contribution >= 0.6 is 11.8 Å². The van der Waals surface area contributed by atoms with E-state index in [0.717, 1.165) is 49.3 Å². The molecule has 0 spiro atoms. The zero-order chi connectivity index (χ0) is 12.8. The molecular weight excluding hydrogens is 248 g/mol. The largest absolute Gasteiger partial charge is 0.440 e. The molecule has 4 nitrogen and oxygen atoms in total. The maximum absolute atomic E-state index is 5.49. The van der Waals surface area contributed by atoms with Crippen molar-refractivity contribution in [3.63, 3.8) is 0 Å². The van der Waals surface area contributed by atoms with E-state index in [2.05, 4.69) is 17.2 Å². The van der Waals surface area contributed by atoms with Gasteiger partial charge in [0.15, 0.2) is 0 Å². The van der Waals surface area contributed by atoms with Gasteiger partial charge in [0, 0.05) is 24.3 Å². The summed E-state index contributed by atoms with van der Waals surface area (Å²) in [6.45, 7) is 6.99. The number of hydrogen-bond donors (Lipinski definition) is 1. The lowest BCUT2D eigenvalue weighted by Crippen LogP contribution is -2.39. The second-order valence-corrected chi connectivity index (χ2v) is 5.72. The third-order valence-corrected chi connectivity index (χ3v) is 4.14. The number of rotatable bonds is 7. The minimum atomic E-state index is 0.490. The Morgan fingerprint density at radius 1 is 1.61 bits per heavy atom. The number of ether oxygens (including phenoxy) is 1. The van der Waals surface area contributed by atoms with Crippen LogP contribution in [0.2, 0.25) is 0 Å². The summed E-state index contributed by atoms with van der Waals surface area (Å²) in [7, 11) is 0. The Bertz CT molecular complexity index is 351. The second kappa shape index (κ2) is 7.16. The van der Waals surface area contributed by atoms with Crippen LogP contribution in [0.1, 0.15) is 25.5 Å². The first-order chi connectivity index (χ1) is 8.79. The Morgan fingerprint density at radius 3 is 3.11 bits per heavy atom. The predicted octanol–water partition coefficient (Wildman–Crippen LogP) is 2.48. The summed E-state index contributed by atoms with van der Waals surface area (Å²) in [6.07, 6.45) is 4.02. The molecule has 0 aliphatic carbocycles. The smallest absolute Gasteiger partial charge is 0.255 e. The van der Waals surface area contributed by atoms with Gasteiger partial charge in [0.25, 0.3) is 5.22 Å². The van der Waals surface area contributed by atoms with Crippen LogP contribution in [-0.2, 0) is 4.74 Å². The van der Waals surface area contributed by atoms with Crippen LogP contribution < -0.4 is 5.32 Å². The average Bonchev–Trinajstić information content (AvgIpc) is 3.01. The summed E-state index contributed by atoms with van der Waals surface area (Å²) < 4.78 is 10.9. The normalized spacial score (nSPS) is 21.3. The highest BCUT2D eigenvalue weighted by atomic mass is 32.2. The molecule has 2 unspecified atom stereocenters. The van der Waals surface area contributed by atoms with Crippen molar-refractivity contribution in [3.05, 3.63) is 12.0 Å². The molecule has 1 fully saturated rings. The number of hydrogen-bond acceptors (Lipinski definition) is 5. The number of nitrogens with one attached hydrogen (secondary N) is 1. The van der Waals surface area contributed by atoms with Gasteiger partial charge in [-0.1, -0.05) is 18.7 Å². The zero-order valence-electron chi connectivity index (χ0n) is 11.1. The van der Waals surface area contributed by atoms with Gasteiger partial charge >= 0.3 is 0 Å². The van der Waals surface area contributed by atoms with Gasteiger partial charge in [-0.3, -0.25) is 0 Å². The molecule has 2 atom stereocenters. The standard InChI is InChI=1S/C13H22N2O2S/c1-3-5-14-12(11-4-6-16-8-11)9-18-13-15-10(2)7-17-13/h7,11-12,14H,3-6,8-9H2,1-2H3. The molecule has 1 aliphatic rings. The minimum Gasteiger partial charge on any atom is -0.440 e. The van der Waals surface area contributed by atoms with Crippen LogP contribution in [0.5, 0.6) is 0 Å². The van der Waals surface area contributed by atoms with Gasteiger partial charge < -0.3 is 14.5 Å². The van der Waals surface area contributed by atoms with E-state index in [4.69, 9.17) is 9.15 Å². The second-order valence-electron chi connectivity index (χ2n) is 4.75. The van der Waals surface area contributed by atoms with E-state index in [1.165, 1.54) is 0 Å². The minimum absolute atomic E-state index is 0.490. The topological polar surface area (TPSA) is 47.3 Å². The van der Waals surface area contributed by atoms with E-state index in [1.807, 2.05) is 6.92 Å². The maximum atomic E-state index is 5.49. The molecule has 2 heterocycles. The van der Waals surface area contributed by atoms with Crippen LogP contribution in [-0.4, -0.2) is 36.5 Å². The van der Waals surface area contributed by atoms with Crippen molar-refractivity contribution in [2.24, 2.45) is 5.92 Å².